The van der Waals surface area contributed by atoms with Gasteiger partial charge in [0.15, 0.2) is 0 Å². The van der Waals surface area contributed by atoms with Crippen LogP contribution < -0.4 is 15.8 Å². The number of nitrogens with one attached hydrogen (secondary N) is 2. The van der Waals surface area contributed by atoms with Crippen LogP contribution in [0.25, 0.3) is 0 Å². The molecule has 0 atom stereocenters. The van der Waals surface area contributed by atoms with Crippen molar-refractivity contribution in [3.05, 3.63) is 58.6 Å². The van der Waals surface area contributed by atoms with Gasteiger partial charge in [0.05, 0.1) is 4.90 Å². The number of sulfonamides is 1. The minimum atomic E-state index is -3.72. The van der Waals surface area contributed by atoms with E-state index in [0.29, 0.717) is 12.1 Å². The molecule has 0 radical (unpaired) electrons. The van der Waals surface area contributed by atoms with Gasteiger partial charge in [-0.05, 0) is 42.3 Å². The van der Waals surface area contributed by atoms with Crippen LogP contribution in [0.15, 0.2) is 57.9 Å². The molecule has 9 heteroatoms. The van der Waals surface area contributed by atoms with Crippen molar-refractivity contribution in [2.24, 2.45) is 5.14 Å². The summed E-state index contributed by atoms with van der Waals surface area (Å²) in [7, 11) is -3.72. The average molecular weight is 426 g/mol. The van der Waals surface area contributed by atoms with Gasteiger partial charge in [-0.1, -0.05) is 34.1 Å². The maximum atomic E-state index is 11.8. The van der Waals surface area contributed by atoms with Gasteiger partial charge in [0.1, 0.15) is 0 Å². The number of carbonyl (C=O) groups excluding carboxylic acids is 2. The van der Waals surface area contributed by atoms with Gasteiger partial charge in [0, 0.05) is 16.7 Å². The minimum absolute atomic E-state index is 0.0219. The molecule has 0 aliphatic rings. The number of nitrogens with two attached hydrogens (primary N) is 1. The highest BCUT2D eigenvalue weighted by molar-refractivity contribution is 9.10. The van der Waals surface area contributed by atoms with Crippen LogP contribution in [0, 0.1) is 0 Å². The van der Waals surface area contributed by atoms with Crippen LogP contribution >= 0.6 is 15.9 Å². The Morgan fingerprint density at radius 2 is 1.72 bits per heavy atom. The van der Waals surface area contributed by atoms with Gasteiger partial charge in [0.25, 0.3) is 0 Å². The molecule has 0 spiro atoms. The van der Waals surface area contributed by atoms with Crippen molar-refractivity contribution < 1.29 is 18.0 Å². The number of halogens is 1. The molecule has 0 aromatic heterocycles. The Morgan fingerprint density at radius 3 is 2.32 bits per heavy atom. The molecule has 0 aliphatic carbocycles. The van der Waals surface area contributed by atoms with E-state index in [1.54, 1.807) is 36.4 Å². The van der Waals surface area contributed by atoms with Gasteiger partial charge in [-0.2, -0.15) is 0 Å². The van der Waals surface area contributed by atoms with Crippen molar-refractivity contribution >= 4 is 43.5 Å². The zero-order valence-electron chi connectivity index (χ0n) is 13.0. The van der Waals surface area contributed by atoms with E-state index in [-0.39, 0.29) is 11.4 Å². The van der Waals surface area contributed by atoms with Crippen LogP contribution in [0.2, 0.25) is 0 Å². The highest BCUT2D eigenvalue weighted by Crippen LogP contribution is 2.15. The third-order valence-corrected chi connectivity index (χ3v) is 4.66. The Balaban J connectivity index is 1.82. The third kappa shape index (κ3) is 5.96. The molecule has 2 amide bonds. The summed E-state index contributed by atoms with van der Waals surface area (Å²) in [6.07, 6.45) is 0.445. The number of amides is 2. The van der Waals surface area contributed by atoms with E-state index in [2.05, 4.69) is 26.6 Å². The van der Waals surface area contributed by atoms with E-state index >= 15 is 0 Å². The second kappa shape index (κ2) is 8.24. The van der Waals surface area contributed by atoms with E-state index in [0.717, 1.165) is 10.0 Å². The van der Waals surface area contributed by atoms with Crippen molar-refractivity contribution in [1.82, 2.24) is 5.32 Å². The van der Waals surface area contributed by atoms with Gasteiger partial charge < -0.3 is 10.6 Å². The zero-order valence-corrected chi connectivity index (χ0v) is 15.4. The second-order valence-electron chi connectivity index (χ2n) is 5.16. The lowest BCUT2D eigenvalue weighted by Crippen LogP contribution is -2.36. The maximum Gasteiger partial charge on any atom is 0.313 e. The van der Waals surface area contributed by atoms with Gasteiger partial charge in [-0.3, -0.25) is 9.59 Å². The quantitative estimate of drug-likeness (QED) is 0.627. The third-order valence-electron chi connectivity index (χ3n) is 3.24. The summed E-state index contributed by atoms with van der Waals surface area (Å²) in [6.45, 7) is 0.236. The van der Waals surface area contributed by atoms with E-state index in [9.17, 15) is 18.0 Å². The first-order chi connectivity index (χ1) is 11.8. The SMILES string of the molecule is NS(=O)(=O)c1ccc(CCNC(=O)C(=O)Nc2cccc(Br)c2)cc1. The molecule has 25 heavy (non-hydrogen) atoms. The largest absolute Gasteiger partial charge is 0.347 e. The highest BCUT2D eigenvalue weighted by Gasteiger charge is 2.13. The molecule has 0 aliphatic heterocycles. The van der Waals surface area contributed by atoms with Gasteiger partial charge >= 0.3 is 11.8 Å². The maximum absolute atomic E-state index is 11.8. The summed E-state index contributed by atoms with van der Waals surface area (Å²) in [6, 6.07) is 12.9. The first-order valence-electron chi connectivity index (χ1n) is 7.22. The average Bonchev–Trinajstić information content (AvgIpc) is 2.54. The molecule has 2 rings (SSSR count). The van der Waals surface area contributed by atoms with E-state index in [1.165, 1.54) is 12.1 Å². The van der Waals surface area contributed by atoms with Crippen molar-refractivity contribution in [3.8, 4) is 0 Å². The lowest BCUT2D eigenvalue weighted by molar-refractivity contribution is -0.136. The predicted molar refractivity (Wildman–Crippen MR) is 97.3 cm³/mol. The fraction of sp³-hybridized carbons (Fsp3) is 0.125. The topological polar surface area (TPSA) is 118 Å². The van der Waals surface area contributed by atoms with Crippen LogP contribution in [-0.4, -0.2) is 26.8 Å². The number of hydrogen-bond acceptors (Lipinski definition) is 4. The molecule has 0 saturated heterocycles. The van der Waals surface area contributed by atoms with Gasteiger partial charge in [-0.15, -0.1) is 0 Å². The molecule has 2 aromatic carbocycles. The Kier molecular flexibility index (Phi) is 6.29. The zero-order chi connectivity index (χ0) is 18.4. The Hall–Kier alpha value is -2.23. The number of rotatable bonds is 5. The summed E-state index contributed by atoms with van der Waals surface area (Å²) >= 11 is 3.28. The minimum Gasteiger partial charge on any atom is -0.347 e. The molecule has 7 nitrogen and oxygen atoms in total. The summed E-state index contributed by atoms with van der Waals surface area (Å²) in [5, 5.41) is 10.0. The highest BCUT2D eigenvalue weighted by atomic mass is 79.9. The number of anilines is 1. The lowest BCUT2D eigenvalue weighted by atomic mass is 10.1. The molecule has 2 aromatic rings. The fourth-order valence-corrected chi connectivity index (χ4v) is 2.92. The van der Waals surface area contributed by atoms with E-state index in [4.69, 9.17) is 5.14 Å². The van der Waals surface area contributed by atoms with E-state index in [1.807, 2.05) is 0 Å². The molecule has 0 saturated carbocycles. The molecule has 0 heterocycles. The summed E-state index contributed by atoms with van der Waals surface area (Å²) < 4.78 is 23.1. The Labute approximate surface area is 153 Å². The molecule has 0 unspecified atom stereocenters. The smallest absolute Gasteiger partial charge is 0.313 e. The van der Waals surface area contributed by atoms with Crippen LogP contribution in [0.4, 0.5) is 5.69 Å². The molecule has 0 bridgehead atoms. The summed E-state index contributed by atoms with van der Waals surface area (Å²) in [5.74, 6) is -1.51. The van der Waals surface area contributed by atoms with Crippen LogP contribution in [0.3, 0.4) is 0 Å². The van der Waals surface area contributed by atoms with Crippen molar-refractivity contribution in [2.75, 3.05) is 11.9 Å². The van der Waals surface area contributed by atoms with Crippen molar-refractivity contribution in [1.29, 1.82) is 0 Å². The molecule has 4 N–H and O–H groups in total. The number of primary sulfonamides is 1. The van der Waals surface area contributed by atoms with E-state index < -0.39 is 21.8 Å². The standard InChI is InChI=1S/C16H16BrN3O4S/c17-12-2-1-3-13(10-12)20-16(22)15(21)19-9-8-11-4-6-14(7-5-11)25(18,23)24/h1-7,10H,8-9H2,(H,19,21)(H,20,22)(H2,18,23,24). The van der Waals surface area contributed by atoms with Crippen LogP contribution in [-0.2, 0) is 26.0 Å². The lowest BCUT2D eigenvalue weighted by Gasteiger charge is -2.07. The number of benzene rings is 2. The van der Waals surface area contributed by atoms with Crippen molar-refractivity contribution in [3.63, 3.8) is 0 Å². The van der Waals surface area contributed by atoms with Crippen molar-refractivity contribution in [2.45, 2.75) is 11.3 Å². The first kappa shape index (κ1) is 19.1. The van der Waals surface area contributed by atoms with Crippen LogP contribution in [0.1, 0.15) is 5.56 Å². The number of carbonyl (C=O) groups is 2. The summed E-state index contributed by atoms with van der Waals surface area (Å²) in [5.41, 5.74) is 1.31. The monoisotopic (exact) mass is 425 g/mol. The Bertz CT molecular complexity index is 883. The Morgan fingerprint density at radius 1 is 1.04 bits per heavy atom. The predicted octanol–water partition coefficient (Wildman–Crippen LogP) is 1.39. The summed E-state index contributed by atoms with van der Waals surface area (Å²) in [4.78, 5) is 23.6. The second-order valence-corrected chi connectivity index (χ2v) is 7.64. The molecule has 132 valence electrons. The van der Waals surface area contributed by atoms with Gasteiger partial charge in [-0.25, -0.2) is 13.6 Å². The normalized spacial score (nSPS) is 11.0. The molecule has 0 fully saturated rings. The van der Waals surface area contributed by atoms with Gasteiger partial charge in [0.2, 0.25) is 10.0 Å². The molecular weight excluding hydrogens is 410 g/mol. The fourth-order valence-electron chi connectivity index (χ4n) is 2.00. The molecular formula is C16H16BrN3O4S. The first-order valence-corrected chi connectivity index (χ1v) is 9.56. The number of hydrogen-bond donors (Lipinski definition) is 3. The van der Waals surface area contributed by atoms with Crippen LogP contribution in [0.5, 0.6) is 0 Å².